The van der Waals surface area contributed by atoms with Crippen molar-refractivity contribution in [3.8, 4) is 0 Å². The van der Waals surface area contributed by atoms with E-state index < -0.39 is 5.02 Å². The van der Waals surface area contributed by atoms with Gasteiger partial charge in [0.15, 0.2) is 0 Å². The second-order valence-corrected chi connectivity index (χ2v) is 1.33. The molecule has 0 bridgehead atoms. The zero-order chi connectivity index (χ0) is 3.58. The van der Waals surface area contributed by atoms with Gasteiger partial charge in [-0.3, -0.25) is 0 Å². The van der Waals surface area contributed by atoms with Crippen LogP contribution in [0.3, 0.4) is 0 Å². The molecule has 0 spiro atoms. The van der Waals surface area contributed by atoms with Crippen molar-refractivity contribution in [1.29, 1.82) is 0 Å². The largest absolute Gasteiger partial charge is 0.412 e. The van der Waals surface area contributed by atoms with E-state index in [1.807, 2.05) is 0 Å². The number of hydrogen-bond donors (Lipinski definition) is 1. The van der Waals surface area contributed by atoms with E-state index in [4.69, 9.17) is 5.11 Å². The maximum absolute atomic E-state index is 7.59. The molecule has 0 saturated heterocycles. The number of rotatable bonds is 0. The first-order chi connectivity index (χ1) is 1.73. The van der Waals surface area contributed by atoms with Crippen LogP contribution in [0.25, 0.3) is 0 Å². The average molecular weight is 119 g/mol. The van der Waals surface area contributed by atoms with Gasteiger partial charge in [-0.25, -0.2) is 0 Å². The Kier molecular flexibility index (Phi) is 8.18. The van der Waals surface area contributed by atoms with Crippen LogP contribution in [-0.4, -0.2) is 15.6 Å². The van der Waals surface area contributed by atoms with Gasteiger partial charge in [-0.2, -0.15) is 0 Å². The summed E-state index contributed by atoms with van der Waals surface area (Å²) in [5, 5.41) is 6.36. The predicted molar refractivity (Wildman–Crippen MR) is 21.3 cm³/mol. The number of halogens is 2. The van der Waals surface area contributed by atoms with E-state index in [9.17, 15) is 0 Å². The Bertz CT molecular complexity index is 12.4. The molecule has 0 aromatic heterocycles. The van der Waals surface area contributed by atoms with Gasteiger partial charge in [0.1, 0.15) is 0 Å². The standard InChI is InChI=1S/CH2Cl2O.H2O/c2-1(3)4;/h1,4H;1H2. The Morgan fingerprint density at radius 1 is 1.40 bits per heavy atom. The Hall–Kier alpha value is 0.500. The van der Waals surface area contributed by atoms with Gasteiger partial charge in [-0.05, 0) is 0 Å². The second kappa shape index (κ2) is 4.50. The normalized spacial score (nSPS) is 7.20. The molecule has 0 saturated carbocycles. The Balaban J connectivity index is 0. The highest BCUT2D eigenvalue weighted by molar-refractivity contribution is 6.42. The first kappa shape index (κ1) is 9.09. The van der Waals surface area contributed by atoms with Crippen LogP contribution in [0.15, 0.2) is 0 Å². The molecule has 0 aliphatic rings. The summed E-state index contributed by atoms with van der Waals surface area (Å²) in [5.74, 6) is 0. The van der Waals surface area contributed by atoms with Crippen LogP contribution in [0, 0.1) is 0 Å². The molecule has 0 heterocycles. The number of aliphatic hydroxyl groups excluding tert-OH is 1. The summed E-state index contributed by atoms with van der Waals surface area (Å²) in [7, 11) is 0. The summed E-state index contributed by atoms with van der Waals surface area (Å²) >= 11 is 9.19. The molecule has 4 heteroatoms. The molecule has 0 aromatic carbocycles. The first-order valence-corrected chi connectivity index (χ1v) is 1.57. The quantitative estimate of drug-likeness (QED) is 0.445. The molecule has 0 aliphatic carbocycles. The fraction of sp³-hybridized carbons (Fsp3) is 1.00. The van der Waals surface area contributed by atoms with Crippen LogP contribution in [-0.2, 0) is 0 Å². The van der Waals surface area contributed by atoms with Crippen molar-refractivity contribution in [3.63, 3.8) is 0 Å². The Morgan fingerprint density at radius 3 is 1.40 bits per heavy atom. The zero-order valence-electron chi connectivity index (χ0n) is 2.28. The van der Waals surface area contributed by atoms with Crippen molar-refractivity contribution in [2.75, 3.05) is 0 Å². The first-order valence-electron chi connectivity index (χ1n) is 0.695. The van der Waals surface area contributed by atoms with E-state index in [0.29, 0.717) is 0 Å². The molecule has 0 amide bonds. The molecule has 0 radical (unpaired) electrons. The molecule has 0 aliphatic heterocycles. The topological polar surface area (TPSA) is 51.7 Å². The minimum Gasteiger partial charge on any atom is -0.412 e. The maximum Gasteiger partial charge on any atom is 0.204 e. The van der Waals surface area contributed by atoms with Gasteiger partial charge in [0, 0.05) is 0 Å². The number of hydrogen-bond acceptors (Lipinski definition) is 1. The van der Waals surface area contributed by atoms with Crippen LogP contribution in [0.1, 0.15) is 0 Å². The van der Waals surface area contributed by atoms with E-state index in [1.165, 1.54) is 0 Å². The Labute approximate surface area is 39.6 Å². The lowest BCUT2D eigenvalue weighted by atomic mass is 11.7. The van der Waals surface area contributed by atoms with Gasteiger partial charge in [0.2, 0.25) is 5.02 Å². The summed E-state index contributed by atoms with van der Waals surface area (Å²) in [6, 6.07) is 0. The van der Waals surface area contributed by atoms with Gasteiger partial charge < -0.3 is 10.6 Å². The van der Waals surface area contributed by atoms with Crippen molar-refractivity contribution < 1.29 is 10.6 Å². The van der Waals surface area contributed by atoms with Crippen LogP contribution in [0.5, 0.6) is 0 Å². The molecule has 3 N–H and O–H groups in total. The van der Waals surface area contributed by atoms with Crippen molar-refractivity contribution in [2.24, 2.45) is 0 Å². The second-order valence-electron chi connectivity index (χ2n) is 0.278. The molecule has 0 fully saturated rings. The van der Waals surface area contributed by atoms with E-state index in [0.717, 1.165) is 0 Å². The zero-order valence-corrected chi connectivity index (χ0v) is 3.79. The smallest absolute Gasteiger partial charge is 0.204 e. The summed E-state index contributed by atoms with van der Waals surface area (Å²) < 4.78 is 0. The summed E-state index contributed by atoms with van der Waals surface area (Å²) in [4.78, 5) is 0. The maximum atomic E-state index is 7.59. The number of aliphatic hydroxyl groups is 1. The highest BCUT2D eigenvalue weighted by atomic mass is 35.5. The third-order valence-corrected chi connectivity index (χ3v) is 0. The van der Waals surface area contributed by atoms with Crippen LogP contribution in [0.4, 0.5) is 0 Å². The fourth-order valence-electron chi connectivity index (χ4n) is 0. The molecular weight excluding hydrogens is 115 g/mol. The van der Waals surface area contributed by atoms with Crippen molar-refractivity contribution in [1.82, 2.24) is 0 Å². The van der Waals surface area contributed by atoms with Crippen LogP contribution < -0.4 is 0 Å². The van der Waals surface area contributed by atoms with Crippen LogP contribution in [0.2, 0.25) is 0 Å². The third-order valence-electron chi connectivity index (χ3n) is 0. The molecule has 0 aromatic rings. The summed E-state index contributed by atoms with van der Waals surface area (Å²) in [6.07, 6.45) is 0. The van der Waals surface area contributed by atoms with E-state index >= 15 is 0 Å². The predicted octanol–water partition coefficient (Wildman–Crippen LogP) is -0.0848. The average Bonchev–Trinajstić information content (AvgIpc) is 0.811. The SMILES string of the molecule is O.OC(Cl)Cl. The molecule has 0 rings (SSSR count). The van der Waals surface area contributed by atoms with Gasteiger partial charge in [0.25, 0.3) is 0 Å². The van der Waals surface area contributed by atoms with Gasteiger partial charge in [-0.1, -0.05) is 23.2 Å². The minimum atomic E-state index is -1.22. The van der Waals surface area contributed by atoms with Crippen molar-refractivity contribution in [3.05, 3.63) is 0 Å². The van der Waals surface area contributed by atoms with Crippen molar-refractivity contribution in [2.45, 2.75) is 5.02 Å². The lowest BCUT2D eigenvalue weighted by Gasteiger charge is -1.73. The van der Waals surface area contributed by atoms with Gasteiger partial charge in [0.05, 0.1) is 0 Å². The molecule has 2 nitrogen and oxygen atoms in total. The molecule has 34 valence electrons. The number of alkyl halides is 2. The van der Waals surface area contributed by atoms with E-state index in [-0.39, 0.29) is 5.48 Å². The van der Waals surface area contributed by atoms with E-state index in [2.05, 4.69) is 23.2 Å². The lowest BCUT2D eigenvalue weighted by molar-refractivity contribution is 0.333. The minimum absolute atomic E-state index is 0. The molecule has 0 unspecified atom stereocenters. The van der Waals surface area contributed by atoms with Crippen LogP contribution >= 0.6 is 23.2 Å². The molecule has 5 heavy (non-hydrogen) atoms. The fourth-order valence-corrected chi connectivity index (χ4v) is 0. The highest BCUT2D eigenvalue weighted by Gasteiger charge is 1.76. The lowest BCUT2D eigenvalue weighted by Crippen LogP contribution is -1.73. The highest BCUT2D eigenvalue weighted by Crippen LogP contribution is 1.90. The molecular formula is CH4Cl2O2. The van der Waals surface area contributed by atoms with Crippen molar-refractivity contribution >= 4 is 23.2 Å². The van der Waals surface area contributed by atoms with E-state index in [1.54, 1.807) is 0 Å². The van der Waals surface area contributed by atoms with Gasteiger partial charge >= 0.3 is 0 Å². The molecule has 0 atom stereocenters. The van der Waals surface area contributed by atoms with Gasteiger partial charge in [-0.15, -0.1) is 0 Å². The summed E-state index contributed by atoms with van der Waals surface area (Å²) in [6.45, 7) is 0. The third kappa shape index (κ3) is 113. The Morgan fingerprint density at radius 2 is 1.40 bits per heavy atom. The summed E-state index contributed by atoms with van der Waals surface area (Å²) in [5.41, 5.74) is 0. The monoisotopic (exact) mass is 118 g/mol.